The van der Waals surface area contributed by atoms with E-state index in [9.17, 15) is 9.90 Å². The van der Waals surface area contributed by atoms with E-state index in [1.165, 1.54) is 0 Å². The smallest absolute Gasteiger partial charge is 0.219 e. The summed E-state index contributed by atoms with van der Waals surface area (Å²) in [5.74, 6) is 0.849. The van der Waals surface area contributed by atoms with E-state index < -0.39 is 6.10 Å². The fourth-order valence-corrected chi connectivity index (χ4v) is 2.71. The number of nitrogens with one attached hydrogen (secondary N) is 1. The molecule has 1 aromatic heterocycles. The lowest BCUT2D eigenvalue weighted by Crippen LogP contribution is -2.49. The number of aliphatic hydroxyl groups excluding tert-OH is 1. The van der Waals surface area contributed by atoms with Gasteiger partial charge < -0.3 is 19.6 Å². The number of β-amino-alcohol motifs (C(OH)–C–C–N with tert-alkyl or cyclic N) is 1. The van der Waals surface area contributed by atoms with E-state index in [0.717, 1.165) is 31.7 Å². The predicted octanol–water partition coefficient (Wildman–Crippen LogP) is 1.15. The number of ether oxygens (including phenoxy) is 1. The van der Waals surface area contributed by atoms with Gasteiger partial charge in [-0.1, -0.05) is 6.92 Å². The summed E-state index contributed by atoms with van der Waals surface area (Å²) in [6, 6.07) is 3.85. The minimum atomic E-state index is -0.532. The number of aliphatic hydroxyl groups is 1. The Morgan fingerprint density at radius 3 is 3.23 bits per heavy atom. The Hall–Kier alpha value is -1.37. The van der Waals surface area contributed by atoms with Crippen LogP contribution >= 0.6 is 0 Å². The number of carbonyl (C=O) groups excluding carboxylic acids is 1. The monoisotopic (exact) mass is 310 g/mol. The summed E-state index contributed by atoms with van der Waals surface area (Å²) < 4.78 is 10.6. The molecular weight excluding hydrogens is 284 g/mol. The van der Waals surface area contributed by atoms with Crippen molar-refractivity contribution >= 4 is 5.91 Å². The minimum Gasteiger partial charge on any atom is -0.467 e. The van der Waals surface area contributed by atoms with Crippen LogP contribution in [0.15, 0.2) is 22.8 Å². The van der Waals surface area contributed by atoms with Gasteiger partial charge in [-0.15, -0.1) is 0 Å². The van der Waals surface area contributed by atoms with Crippen molar-refractivity contribution in [1.82, 2.24) is 10.2 Å². The Bertz CT molecular complexity index is 435. The summed E-state index contributed by atoms with van der Waals surface area (Å²) in [5, 5.41) is 13.1. The first-order chi connectivity index (χ1) is 10.7. The van der Waals surface area contributed by atoms with Crippen LogP contribution in [0.2, 0.25) is 0 Å². The Labute approximate surface area is 131 Å². The molecule has 2 rings (SSSR count). The van der Waals surface area contributed by atoms with Crippen molar-refractivity contribution < 1.29 is 19.1 Å². The van der Waals surface area contributed by atoms with E-state index in [4.69, 9.17) is 9.15 Å². The van der Waals surface area contributed by atoms with Crippen LogP contribution in [0.5, 0.6) is 0 Å². The molecule has 2 atom stereocenters. The van der Waals surface area contributed by atoms with Crippen LogP contribution in [0, 0.1) is 0 Å². The summed E-state index contributed by atoms with van der Waals surface area (Å²) in [5.41, 5.74) is 0. The van der Waals surface area contributed by atoms with Gasteiger partial charge >= 0.3 is 0 Å². The fourth-order valence-electron chi connectivity index (χ4n) is 2.71. The number of hydrogen-bond acceptors (Lipinski definition) is 5. The molecular formula is C16H26N2O4. The van der Waals surface area contributed by atoms with Crippen LogP contribution < -0.4 is 5.32 Å². The molecule has 2 unspecified atom stereocenters. The summed E-state index contributed by atoms with van der Waals surface area (Å²) in [6.07, 6.45) is 3.63. The van der Waals surface area contributed by atoms with Gasteiger partial charge in [0, 0.05) is 25.6 Å². The maximum Gasteiger partial charge on any atom is 0.219 e. The number of furan rings is 1. The SMILES string of the molecule is CCC(=O)NC1CCCN(CC(O)COCc2ccco2)C1. The third-order valence-electron chi connectivity index (χ3n) is 3.80. The largest absolute Gasteiger partial charge is 0.467 e. The standard InChI is InChI=1S/C16H26N2O4/c1-2-16(20)17-13-5-3-7-18(9-13)10-14(19)11-21-12-15-6-4-8-22-15/h4,6,8,13-14,19H,2-3,5,7,9-12H2,1H3,(H,17,20). The molecule has 2 N–H and O–H groups in total. The van der Waals surface area contributed by atoms with Gasteiger partial charge in [0.2, 0.25) is 5.91 Å². The average Bonchev–Trinajstić information content (AvgIpc) is 3.00. The van der Waals surface area contributed by atoms with Gasteiger partial charge in [0.25, 0.3) is 0 Å². The molecule has 0 spiro atoms. The topological polar surface area (TPSA) is 74.9 Å². The number of carbonyl (C=O) groups is 1. The van der Waals surface area contributed by atoms with Crippen molar-refractivity contribution in [2.75, 3.05) is 26.2 Å². The summed E-state index contributed by atoms with van der Waals surface area (Å²) in [4.78, 5) is 13.6. The number of likely N-dealkylation sites (tertiary alicyclic amines) is 1. The van der Waals surface area contributed by atoms with Crippen LogP contribution in [0.3, 0.4) is 0 Å². The number of rotatable bonds is 8. The molecule has 1 amide bonds. The molecule has 6 nitrogen and oxygen atoms in total. The van der Waals surface area contributed by atoms with Crippen LogP contribution in [0.4, 0.5) is 0 Å². The van der Waals surface area contributed by atoms with Gasteiger partial charge in [0.15, 0.2) is 0 Å². The van der Waals surface area contributed by atoms with Crippen molar-refractivity contribution in [3.63, 3.8) is 0 Å². The molecule has 6 heteroatoms. The maximum atomic E-state index is 11.5. The molecule has 0 radical (unpaired) electrons. The molecule has 0 saturated carbocycles. The first kappa shape index (κ1) is 17.0. The van der Waals surface area contributed by atoms with Crippen molar-refractivity contribution in [3.8, 4) is 0 Å². The lowest BCUT2D eigenvalue weighted by Gasteiger charge is -2.34. The normalized spacial score (nSPS) is 20.7. The number of nitrogens with zero attached hydrogens (tertiary/aromatic N) is 1. The molecule has 0 aliphatic carbocycles. The van der Waals surface area contributed by atoms with E-state index in [0.29, 0.717) is 19.6 Å². The van der Waals surface area contributed by atoms with Crippen LogP contribution in [0.1, 0.15) is 31.9 Å². The van der Waals surface area contributed by atoms with Crippen LogP contribution in [-0.2, 0) is 16.1 Å². The zero-order valence-electron chi connectivity index (χ0n) is 13.2. The molecule has 0 aromatic carbocycles. The maximum absolute atomic E-state index is 11.5. The summed E-state index contributed by atoms with van der Waals surface area (Å²) in [7, 11) is 0. The molecule has 1 aliphatic heterocycles. The molecule has 124 valence electrons. The van der Waals surface area contributed by atoms with Crippen molar-refractivity contribution in [3.05, 3.63) is 24.2 Å². The highest BCUT2D eigenvalue weighted by Crippen LogP contribution is 2.11. The highest BCUT2D eigenvalue weighted by molar-refractivity contribution is 5.75. The first-order valence-corrected chi connectivity index (χ1v) is 7.97. The van der Waals surface area contributed by atoms with Crippen LogP contribution in [0.25, 0.3) is 0 Å². The van der Waals surface area contributed by atoms with Crippen molar-refractivity contribution in [2.45, 2.75) is 44.9 Å². The van der Waals surface area contributed by atoms with E-state index in [-0.39, 0.29) is 18.6 Å². The molecule has 1 aromatic rings. The average molecular weight is 310 g/mol. The Morgan fingerprint density at radius 1 is 1.64 bits per heavy atom. The molecule has 1 aliphatic rings. The highest BCUT2D eigenvalue weighted by Gasteiger charge is 2.22. The van der Waals surface area contributed by atoms with Gasteiger partial charge in [-0.2, -0.15) is 0 Å². The van der Waals surface area contributed by atoms with Gasteiger partial charge in [-0.05, 0) is 31.5 Å². The van der Waals surface area contributed by atoms with Crippen molar-refractivity contribution in [2.24, 2.45) is 0 Å². The van der Waals surface area contributed by atoms with Gasteiger partial charge in [-0.3, -0.25) is 9.69 Å². The Morgan fingerprint density at radius 2 is 2.50 bits per heavy atom. The second-order valence-electron chi connectivity index (χ2n) is 5.77. The number of hydrogen-bond donors (Lipinski definition) is 2. The Balaban J connectivity index is 1.64. The van der Waals surface area contributed by atoms with E-state index in [1.807, 2.05) is 19.1 Å². The minimum absolute atomic E-state index is 0.0918. The molecule has 2 heterocycles. The number of amides is 1. The third-order valence-corrected chi connectivity index (χ3v) is 3.80. The quantitative estimate of drug-likeness (QED) is 0.753. The lowest BCUT2D eigenvalue weighted by molar-refractivity contribution is -0.121. The van der Waals surface area contributed by atoms with E-state index in [2.05, 4.69) is 10.2 Å². The van der Waals surface area contributed by atoms with Gasteiger partial charge in [0.05, 0.1) is 19.0 Å². The third kappa shape index (κ3) is 5.79. The predicted molar refractivity (Wildman–Crippen MR) is 82.3 cm³/mol. The zero-order chi connectivity index (χ0) is 15.8. The second-order valence-corrected chi connectivity index (χ2v) is 5.77. The van der Waals surface area contributed by atoms with Gasteiger partial charge in [-0.25, -0.2) is 0 Å². The molecule has 1 saturated heterocycles. The van der Waals surface area contributed by atoms with E-state index >= 15 is 0 Å². The second kappa shape index (κ2) is 8.92. The van der Waals surface area contributed by atoms with Crippen molar-refractivity contribution in [1.29, 1.82) is 0 Å². The Kier molecular flexibility index (Phi) is 6.89. The summed E-state index contributed by atoms with van der Waals surface area (Å²) >= 11 is 0. The highest BCUT2D eigenvalue weighted by atomic mass is 16.5. The molecule has 22 heavy (non-hydrogen) atoms. The molecule has 0 bridgehead atoms. The summed E-state index contributed by atoms with van der Waals surface area (Å²) in [6.45, 7) is 4.82. The van der Waals surface area contributed by atoms with Gasteiger partial charge in [0.1, 0.15) is 12.4 Å². The molecule has 1 fully saturated rings. The first-order valence-electron chi connectivity index (χ1n) is 7.97. The lowest BCUT2D eigenvalue weighted by atomic mass is 10.1. The van der Waals surface area contributed by atoms with Crippen LogP contribution in [-0.4, -0.2) is 54.3 Å². The number of piperidine rings is 1. The zero-order valence-corrected chi connectivity index (χ0v) is 13.2. The van der Waals surface area contributed by atoms with E-state index in [1.54, 1.807) is 6.26 Å². The fraction of sp³-hybridized carbons (Fsp3) is 0.688.